The van der Waals surface area contributed by atoms with E-state index in [9.17, 15) is 9.59 Å². The zero-order chi connectivity index (χ0) is 31.0. The second kappa shape index (κ2) is 14.1. The van der Waals surface area contributed by atoms with Gasteiger partial charge in [-0.25, -0.2) is 4.68 Å². The van der Waals surface area contributed by atoms with E-state index in [1.54, 1.807) is 17.8 Å². The number of carbonyl (C=O) groups is 2. The number of rotatable bonds is 14. The topological polar surface area (TPSA) is 82.5 Å². The zero-order valence-electron chi connectivity index (χ0n) is 25.5. The van der Waals surface area contributed by atoms with Crippen molar-refractivity contribution in [3.63, 3.8) is 0 Å². The van der Waals surface area contributed by atoms with Crippen LogP contribution in [-0.4, -0.2) is 39.3 Å². The molecule has 0 fully saturated rings. The average Bonchev–Trinajstić information content (AvgIpc) is 3.44. The zero-order valence-corrected chi connectivity index (χ0v) is 27.1. The number of halogens is 1. The van der Waals surface area contributed by atoms with Crippen LogP contribution in [0.2, 0.25) is 0 Å². The van der Waals surface area contributed by atoms with Gasteiger partial charge in [-0.15, -0.1) is 0 Å². The molecule has 1 aromatic heterocycles. The lowest BCUT2D eigenvalue weighted by molar-refractivity contribution is -0.119. The summed E-state index contributed by atoms with van der Waals surface area (Å²) in [6, 6.07) is 24.8. The lowest BCUT2D eigenvalue weighted by atomic mass is 9.95. The smallest absolute Gasteiger partial charge is 0.259 e. The van der Waals surface area contributed by atoms with E-state index in [1.807, 2.05) is 92.7 Å². The molecule has 1 N–H and O–H groups in total. The van der Waals surface area contributed by atoms with Crippen molar-refractivity contribution in [2.24, 2.45) is 0 Å². The van der Waals surface area contributed by atoms with Crippen molar-refractivity contribution in [2.45, 2.75) is 71.5 Å². The minimum Gasteiger partial charge on any atom is -0.488 e. The van der Waals surface area contributed by atoms with Crippen molar-refractivity contribution in [2.75, 3.05) is 11.9 Å². The van der Waals surface area contributed by atoms with Crippen molar-refractivity contribution in [3.8, 4) is 22.7 Å². The van der Waals surface area contributed by atoms with E-state index in [4.69, 9.17) is 14.6 Å². The molecule has 4 rings (SSSR count). The van der Waals surface area contributed by atoms with Crippen LogP contribution in [0.3, 0.4) is 0 Å². The maximum Gasteiger partial charge on any atom is 0.259 e. The summed E-state index contributed by atoms with van der Waals surface area (Å²) >= 11 is 3.48. The number of amides is 1. The Kier molecular flexibility index (Phi) is 10.6. The average molecular weight is 647 g/mol. The summed E-state index contributed by atoms with van der Waals surface area (Å²) in [7, 11) is 0. The van der Waals surface area contributed by atoms with Gasteiger partial charge in [-0.3, -0.25) is 4.79 Å². The number of ketones is 1. The maximum atomic E-state index is 13.5. The fraction of sp³-hybridized carbons (Fsp3) is 0.343. The number of benzene rings is 3. The van der Waals surface area contributed by atoms with E-state index in [0.29, 0.717) is 48.6 Å². The standard InChI is InChI=1S/C35H40BrN3O4/c1-6-35(5,21-20-25(2)40)42-23-22-34(3,4)43-30-18-16-28(17-19-30)37-33(41)31-24-39(29-10-8-7-9-11-29)38-32(31)26-12-14-27(36)15-13-26/h7-19,24H,6,20-23H2,1-5H3,(H,37,41). The summed E-state index contributed by atoms with van der Waals surface area (Å²) in [6.07, 6.45) is 4.52. The second-order valence-corrected chi connectivity index (χ2v) is 12.5. The fourth-order valence-electron chi connectivity index (χ4n) is 4.58. The highest BCUT2D eigenvalue weighted by molar-refractivity contribution is 9.10. The Morgan fingerprint density at radius 3 is 2.23 bits per heavy atom. The molecule has 0 radical (unpaired) electrons. The summed E-state index contributed by atoms with van der Waals surface area (Å²) in [5.74, 6) is 0.624. The highest BCUT2D eigenvalue weighted by Gasteiger charge is 2.26. The van der Waals surface area contributed by atoms with Gasteiger partial charge < -0.3 is 19.6 Å². The molecule has 1 unspecified atom stereocenters. The number of para-hydroxylation sites is 1. The van der Waals surface area contributed by atoms with Gasteiger partial charge in [0.2, 0.25) is 0 Å². The normalized spacial score (nSPS) is 12.9. The molecule has 1 amide bonds. The number of ether oxygens (including phenoxy) is 2. The van der Waals surface area contributed by atoms with E-state index < -0.39 is 5.60 Å². The van der Waals surface area contributed by atoms with E-state index in [2.05, 4.69) is 35.1 Å². The molecular weight excluding hydrogens is 606 g/mol. The summed E-state index contributed by atoms with van der Waals surface area (Å²) in [5.41, 5.74) is 2.63. The number of carbonyl (C=O) groups excluding carboxylic acids is 2. The molecule has 0 bridgehead atoms. The predicted molar refractivity (Wildman–Crippen MR) is 175 cm³/mol. The molecule has 4 aromatic rings. The van der Waals surface area contributed by atoms with Crippen LogP contribution in [0.1, 0.15) is 70.7 Å². The van der Waals surface area contributed by atoms with Crippen LogP contribution in [0.5, 0.6) is 5.75 Å². The number of hydrogen-bond donors (Lipinski definition) is 1. The van der Waals surface area contributed by atoms with Gasteiger partial charge in [0.25, 0.3) is 5.91 Å². The summed E-state index contributed by atoms with van der Waals surface area (Å²) < 4.78 is 15.1. The van der Waals surface area contributed by atoms with E-state index in [1.165, 1.54) is 0 Å². The van der Waals surface area contributed by atoms with E-state index in [-0.39, 0.29) is 17.3 Å². The van der Waals surface area contributed by atoms with Crippen molar-refractivity contribution in [3.05, 3.63) is 95.1 Å². The highest BCUT2D eigenvalue weighted by Crippen LogP contribution is 2.28. The molecule has 0 aliphatic carbocycles. The molecule has 43 heavy (non-hydrogen) atoms. The monoisotopic (exact) mass is 645 g/mol. The molecule has 226 valence electrons. The first kappa shape index (κ1) is 32.2. The third-order valence-electron chi connectivity index (χ3n) is 7.51. The summed E-state index contributed by atoms with van der Waals surface area (Å²) in [6.45, 7) is 10.3. The molecule has 1 heterocycles. The van der Waals surface area contributed by atoms with E-state index in [0.717, 1.165) is 22.1 Å². The van der Waals surface area contributed by atoms with Crippen molar-refractivity contribution in [1.82, 2.24) is 9.78 Å². The molecule has 8 heteroatoms. The minimum atomic E-state index is -0.467. The third kappa shape index (κ3) is 9.12. The van der Waals surface area contributed by atoms with Gasteiger partial charge in [0.05, 0.1) is 23.5 Å². The second-order valence-electron chi connectivity index (χ2n) is 11.6. The highest BCUT2D eigenvalue weighted by atomic mass is 79.9. The molecule has 0 spiro atoms. The first-order valence-electron chi connectivity index (χ1n) is 14.6. The Labute approximate surface area is 262 Å². The molecule has 3 aromatic carbocycles. The largest absolute Gasteiger partial charge is 0.488 e. The lowest BCUT2D eigenvalue weighted by Gasteiger charge is -2.32. The Morgan fingerprint density at radius 1 is 0.930 bits per heavy atom. The summed E-state index contributed by atoms with van der Waals surface area (Å²) in [4.78, 5) is 24.9. The van der Waals surface area contributed by atoms with Crippen molar-refractivity contribution < 1.29 is 19.1 Å². The quantitative estimate of drug-likeness (QED) is 0.148. The Bertz CT molecular complexity index is 1520. The Hall–Kier alpha value is -3.75. The van der Waals surface area contributed by atoms with E-state index >= 15 is 0 Å². The molecule has 0 saturated carbocycles. The molecule has 7 nitrogen and oxygen atoms in total. The number of Topliss-reactive ketones (excluding diaryl/α,β-unsaturated/α-hetero) is 1. The molecule has 1 atom stereocenters. The van der Waals surface area contributed by atoms with Crippen LogP contribution in [0.4, 0.5) is 5.69 Å². The number of hydrogen-bond acceptors (Lipinski definition) is 5. The van der Waals surface area contributed by atoms with Crippen molar-refractivity contribution in [1.29, 1.82) is 0 Å². The Morgan fingerprint density at radius 2 is 1.60 bits per heavy atom. The SMILES string of the molecule is CCC(C)(CCC(C)=O)OCCC(C)(C)Oc1ccc(NC(=O)c2cn(-c3ccccc3)nc2-c2ccc(Br)cc2)cc1. The first-order valence-corrected chi connectivity index (χ1v) is 15.4. The summed E-state index contributed by atoms with van der Waals surface area (Å²) in [5, 5.41) is 7.77. The molecule has 0 aliphatic rings. The number of nitrogens with one attached hydrogen (secondary N) is 1. The minimum absolute atomic E-state index is 0.180. The third-order valence-corrected chi connectivity index (χ3v) is 8.04. The van der Waals surface area contributed by atoms with Gasteiger partial charge in [0.15, 0.2) is 0 Å². The molecule has 0 saturated heterocycles. The predicted octanol–water partition coefficient (Wildman–Crippen LogP) is 8.66. The van der Waals surface area contributed by atoms with Crippen LogP contribution in [-0.2, 0) is 9.53 Å². The van der Waals surface area contributed by atoms with Gasteiger partial charge in [0.1, 0.15) is 22.8 Å². The molecular formula is C35H40BrN3O4. The maximum absolute atomic E-state index is 13.5. The number of anilines is 1. The van der Waals surface area contributed by atoms with Crippen LogP contribution in [0.15, 0.2) is 89.5 Å². The van der Waals surface area contributed by atoms with Gasteiger partial charge in [-0.1, -0.05) is 53.2 Å². The van der Waals surface area contributed by atoms with Crippen molar-refractivity contribution >= 4 is 33.3 Å². The number of aromatic nitrogens is 2. The lowest BCUT2D eigenvalue weighted by Crippen LogP contribution is -2.34. The number of nitrogens with zero attached hydrogens (tertiary/aromatic N) is 2. The first-order chi connectivity index (χ1) is 20.5. The van der Waals surface area contributed by atoms with Crippen LogP contribution in [0, 0.1) is 0 Å². The van der Waals surface area contributed by atoms with Crippen LogP contribution in [0.25, 0.3) is 16.9 Å². The van der Waals surface area contributed by atoms with Gasteiger partial charge in [0, 0.05) is 34.8 Å². The van der Waals surface area contributed by atoms with Gasteiger partial charge in [-0.05, 0) is 89.1 Å². The Balaban J connectivity index is 1.41. The van der Waals surface area contributed by atoms with Gasteiger partial charge in [-0.2, -0.15) is 5.10 Å². The fourth-order valence-corrected chi connectivity index (χ4v) is 4.85. The molecule has 0 aliphatic heterocycles. The van der Waals surface area contributed by atoms with Crippen LogP contribution >= 0.6 is 15.9 Å². The van der Waals surface area contributed by atoms with Crippen LogP contribution < -0.4 is 10.1 Å². The van der Waals surface area contributed by atoms with Gasteiger partial charge >= 0.3 is 0 Å².